The summed E-state index contributed by atoms with van der Waals surface area (Å²) in [5.74, 6) is -0.215. The van der Waals surface area contributed by atoms with Crippen LogP contribution in [0, 0.1) is 0 Å². The van der Waals surface area contributed by atoms with Crippen LogP contribution in [0.25, 0.3) is 21.6 Å². The maximum absolute atomic E-state index is 11.3. The number of nitrogen functional groups attached to an aromatic ring is 1. The van der Waals surface area contributed by atoms with Crippen molar-refractivity contribution < 1.29 is 33.8 Å². The van der Waals surface area contributed by atoms with Crippen molar-refractivity contribution in [3.8, 4) is 0 Å². The number of fused-ring (bicyclic) bond motifs is 1. The van der Waals surface area contributed by atoms with Gasteiger partial charge in [-0.15, -0.1) is 0 Å². The number of imidazole rings is 1. The van der Waals surface area contributed by atoms with Crippen molar-refractivity contribution in [3.63, 3.8) is 0 Å². The monoisotopic (exact) mass is 444 g/mol. The van der Waals surface area contributed by atoms with Crippen molar-refractivity contribution in [2.45, 2.75) is 56.8 Å². The van der Waals surface area contributed by atoms with E-state index in [2.05, 4.69) is 25.0 Å². The summed E-state index contributed by atoms with van der Waals surface area (Å²) in [6.45, 7) is 3.10. The molecule has 1 unspecified atom stereocenters. The SMILES string of the molecule is CCC(C)(C[C@H]1O[C@@H](n2c(N=[N+]=[N-])nc3c(N)ncnc32)[C@H](O)[C@@H]1O)OP(=O)(O)O. The quantitative estimate of drug-likeness (QED) is 0.172. The summed E-state index contributed by atoms with van der Waals surface area (Å²) >= 11 is 0. The summed E-state index contributed by atoms with van der Waals surface area (Å²) in [6.07, 6.45) is -4.12. The summed E-state index contributed by atoms with van der Waals surface area (Å²) < 4.78 is 23.1. The standard InChI is InChI=1S/C14H21N8O7P/c1-3-14(2,29-30(25,26)27)4-6-8(23)9(24)12(28-6)22-11-7(10(15)17-5-18-11)19-13(22)20-21-16/h5-6,8-9,12,23-24H,3-4H2,1-2H3,(H2,15,17,18)(H2,25,26,27)/t6-,8-,9-,12-,14?/m1/s1. The minimum Gasteiger partial charge on any atom is -0.388 e. The molecule has 3 rings (SSSR count). The fourth-order valence-corrected chi connectivity index (χ4v) is 4.11. The first-order valence-corrected chi connectivity index (χ1v) is 10.3. The van der Waals surface area contributed by atoms with Crippen LogP contribution in [0.15, 0.2) is 11.4 Å². The number of hydrogen-bond donors (Lipinski definition) is 5. The maximum atomic E-state index is 11.3. The van der Waals surface area contributed by atoms with Gasteiger partial charge in [0.2, 0.25) is 5.95 Å². The molecule has 0 aliphatic carbocycles. The largest absolute Gasteiger partial charge is 0.470 e. The van der Waals surface area contributed by atoms with Crippen LogP contribution in [0.3, 0.4) is 0 Å². The molecule has 30 heavy (non-hydrogen) atoms. The van der Waals surface area contributed by atoms with Crippen LogP contribution in [-0.2, 0) is 13.8 Å². The van der Waals surface area contributed by atoms with E-state index in [0.29, 0.717) is 0 Å². The average molecular weight is 444 g/mol. The Morgan fingerprint density at radius 3 is 2.73 bits per heavy atom. The second-order valence-corrected chi connectivity index (χ2v) is 8.20. The van der Waals surface area contributed by atoms with Gasteiger partial charge in [0.25, 0.3) is 0 Å². The Labute approximate surface area is 169 Å². The first kappa shape index (κ1) is 22.3. The van der Waals surface area contributed by atoms with Crippen molar-refractivity contribution >= 4 is 30.8 Å². The predicted octanol–water partition coefficient (Wildman–Crippen LogP) is 0.638. The summed E-state index contributed by atoms with van der Waals surface area (Å²) in [7, 11) is -4.81. The van der Waals surface area contributed by atoms with Gasteiger partial charge >= 0.3 is 7.82 Å². The molecule has 2 aromatic heterocycles. The van der Waals surface area contributed by atoms with Crippen LogP contribution >= 0.6 is 7.82 Å². The number of hydrogen-bond acceptors (Lipinski definition) is 10. The number of anilines is 1. The van der Waals surface area contributed by atoms with Crippen molar-refractivity contribution in [1.29, 1.82) is 0 Å². The smallest absolute Gasteiger partial charge is 0.388 e. The average Bonchev–Trinajstić information content (AvgIpc) is 3.14. The van der Waals surface area contributed by atoms with Crippen LogP contribution in [-0.4, -0.2) is 63.4 Å². The molecule has 0 aromatic carbocycles. The Bertz CT molecular complexity index is 1040. The third-order valence-electron chi connectivity index (χ3n) is 4.93. The number of rotatable bonds is 7. The van der Waals surface area contributed by atoms with Crippen molar-refractivity contribution in [1.82, 2.24) is 19.5 Å². The Kier molecular flexibility index (Phi) is 6.00. The highest BCUT2D eigenvalue weighted by Gasteiger charge is 2.48. The molecule has 6 N–H and O–H groups in total. The molecule has 0 saturated carbocycles. The van der Waals surface area contributed by atoms with Crippen molar-refractivity contribution in [2.24, 2.45) is 5.11 Å². The minimum atomic E-state index is -4.81. The van der Waals surface area contributed by atoms with Gasteiger partial charge in [-0.1, -0.05) is 6.92 Å². The van der Waals surface area contributed by atoms with Gasteiger partial charge in [-0.2, -0.15) is 0 Å². The lowest BCUT2D eigenvalue weighted by Gasteiger charge is -2.31. The van der Waals surface area contributed by atoms with Crippen molar-refractivity contribution in [3.05, 3.63) is 16.8 Å². The Hall–Kier alpha value is -2.35. The van der Waals surface area contributed by atoms with E-state index in [0.717, 1.165) is 6.33 Å². The van der Waals surface area contributed by atoms with E-state index < -0.39 is 38.0 Å². The zero-order chi connectivity index (χ0) is 22.3. The molecular formula is C14H21N8O7P. The molecule has 5 atom stereocenters. The van der Waals surface area contributed by atoms with Gasteiger partial charge in [0.05, 0.1) is 11.7 Å². The number of aliphatic hydroxyl groups excluding tert-OH is 2. The molecule has 0 bridgehead atoms. The molecule has 2 aromatic rings. The van der Waals surface area contributed by atoms with Gasteiger partial charge in [0, 0.05) is 11.3 Å². The molecule has 0 amide bonds. The maximum Gasteiger partial charge on any atom is 0.470 e. The molecule has 1 aliphatic heterocycles. The lowest BCUT2D eigenvalue weighted by Crippen LogP contribution is -2.38. The molecule has 1 aliphatic rings. The van der Waals surface area contributed by atoms with Crippen LogP contribution in [0.1, 0.15) is 32.9 Å². The fourth-order valence-electron chi connectivity index (χ4n) is 3.33. The van der Waals surface area contributed by atoms with Gasteiger partial charge in [0.15, 0.2) is 23.2 Å². The number of nitrogens with zero attached hydrogens (tertiary/aromatic N) is 7. The van der Waals surface area contributed by atoms with E-state index in [-0.39, 0.29) is 35.8 Å². The van der Waals surface area contributed by atoms with E-state index in [1.807, 2.05) is 0 Å². The predicted molar refractivity (Wildman–Crippen MR) is 101 cm³/mol. The zero-order valence-electron chi connectivity index (χ0n) is 16.0. The van der Waals surface area contributed by atoms with Gasteiger partial charge in [-0.05, 0) is 24.0 Å². The minimum absolute atomic E-state index is 0.00586. The molecular weight excluding hydrogens is 423 g/mol. The first-order valence-electron chi connectivity index (χ1n) is 8.81. The van der Waals surface area contributed by atoms with E-state index in [9.17, 15) is 14.8 Å². The number of phosphoric ester groups is 1. The molecule has 164 valence electrons. The Balaban J connectivity index is 1.98. The third-order valence-corrected chi connectivity index (χ3v) is 5.61. The van der Waals surface area contributed by atoms with Gasteiger partial charge in [0.1, 0.15) is 18.5 Å². The van der Waals surface area contributed by atoms with Crippen LogP contribution in [0.2, 0.25) is 0 Å². The van der Waals surface area contributed by atoms with Crippen LogP contribution in [0.4, 0.5) is 11.8 Å². The van der Waals surface area contributed by atoms with Crippen molar-refractivity contribution in [2.75, 3.05) is 5.73 Å². The molecule has 1 saturated heterocycles. The van der Waals surface area contributed by atoms with Gasteiger partial charge < -0.3 is 30.5 Å². The van der Waals surface area contributed by atoms with E-state index >= 15 is 0 Å². The summed E-state index contributed by atoms with van der Waals surface area (Å²) in [4.78, 5) is 32.9. The number of ether oxygens (including phenoxy) is 1. The van der Waals surface area contributed by atoms with Gasteiger partial charge in [-0.3, -0.25) is 9.09 Å². The fraction of sp³-hybridized carbons (Fsp3) is 0.643. The molecule has 3 heterocycles. The number of nitrogens with two attached hydrogens (primary N) is 1. The molecule has 1 fully saturated rings. The Morgan fingerprint density at radius 2 is 2.13 bits per heavy atom. The third kappa shape index (κ3) is 4.24. The van der Waals surface area contributed by atoms with E-state index in [1.54, 1.807) is 6.92 Å². The highest BCUT2D eigenvalue weighted by molar-refractivity contribution is 7.46. The second-order valence-electron chi connectivity index (χ2n) is 7.04. The highest BCUT2D eigenvalue weighted by atomic mass is 31.2. The molecule has 0 radical (unpaired) electrons. The normalized spacial score (nSPS) is 26.5. The second kappa shape index (κ2) is 8.06. The lowest BCUT2D eigenvalue weighted by molar-refractivity contribution is -0.0677. The van der Waals surface area contributed by atoms with E-state index in [1.165, 1.54) is 11.5 Å². The summed E-state index contributed by atoms with van der Waals surface area (Å²) in [6, 6.07) is 0. The van der Waals surface area contributed by atoms with Crippen LogP contribution in [0.5, 0.6) is 0 Å². The topological polar surface area (TPSA) is 235 Å². The molecule has 16 heteroatoms. The highest BCUT2D eigenvalue weighted by Crippen LogP contribution is 2.46. The van der Waals surface area contributed by atoms with Gasteiger partial charge in [-0.25, -0.2) is 19.5 Å². The Morgan fingerprint density at radius 1 is 1.43 bits per heavy atom. The molecule has 15 nitrogen and oxygen atoms in total. The number of phosphoric acid groups is 1. The lowest BCUT2D eigenvalue weighted by atomic mass is 9.93. The number of azide groups is 1. The molecule has 0 spiro atoms. The summed E-state index contributed by atoms with van der Waals surface area (Å²) in [5.41, 5.74) is 13.5. The van der Waals surface area contributed by atoms with E-state index in [4.69, 9.17) is 30.3 Å². The first-order chi connectivity index (χ1) is 14.0. The number of aliphatic hydroxyl groups is 2. The zero-order valence-corrected chi connectivity index (χ0v) is 16.9. The van der Waals surface area contributed by atoms with Crippen LogP contribution < -0.4 is 5.73 Å². The summed E-state index contributed by atoms with van der Waals surface area (Å²) in [5, 5.41) is 24.6. The number of aromatic nitrogens is 4.